The average molecular weight is 312 g/mol. The van der Waals surface area contributed by atoms with Gasteiger partial charge in [0.05, 0.1) is 11.6 Å². The van der Waals surface area contributed by atoms with Crippen LogP contribution in [0.4, 0.5) is 0 Å². The van der Waals surface area contributed by atoms with E-state index in [1.165, 1.54) is 0 Å². The van der Waals surface area contributed by atoms with Gasteiger partial charge in [-0.05, 0) is 20.3 Å². The summed E-state index contributed by atoms with van der Waals surface area (Å²) in [5.41, 5.74) is 2.63. The van der Waals surface area contributed by atoms with Gasteiger partial charge in [-0.2, -0.15) is 5.10 Å². The Labute approximate surface area is 129 Å². The molecule has 2 rings (SSSR count). The lowest BCUT2D eigenvalue weighted by Crippen LogP contribution is -2.33. The fraction of sp³-hybridized carbons (Fsp3) is 0.643. The second-order valence-electron chi connectivity index (χ2n) is 5.16. The van der Waals surface area contributed by atoms with Gasteiger partial charge < -0.3 is 4.90 Å². The van der Waals surface area contributed by atoms with Crippen LogP contribution in [0.25, 0.3) is 11.2 Å². The SMILES string of the molecule is CCc1nn(C)c2c1nc(CCl)n2C(C)C(=O)N(C)CC. The minimum absolute atomic E-state index is 0.0439. The third-order valence-corrected chi connectivity index (χ3v) is 4.10. The zero-order valence-electron chi connectivity index (χ0n) is 13.2. The molecule has 0 aliphatic heterocycles. The van der Waals surface area contributed by atoms with Crippen LogP contribution in [0.2, 0.25) is 0 Å². The fourth-order valence-corrected chi connectivity index (χ4v) is 2.76. The largest absolute Gasteiger partial charge is 0.344 e. The molecule has 1 atom stereocenters. The zero-order chi connectivity index (χ0) is 15.7. The number of likely N-dealkylation sites (N-methyl/N-ethyl adjacent to an activating group) is 1. The van der Waals surface area contributed by atoms with E-state index in [-0.39, 0.29) is 17.8 Å². The molecule has 0 aliphatic carbocycles. The van der Waals surface area contributed by atoms with Gasteiger partial charge >= 0.3 is 0 Å². The topological polar surface area (TPSA) is 56.0 Å². The van der Waals surface area contributed by atoms with Crippen molar-refractivity contribution in [3.05, 3.63) is 11.5 Å². The molecule has 0 N–H and O–H groups in total. The van der Waals surface area contributed by atoms with E-state index in [1.807, 2.05) is 32.4 Å². The third kappa shape index (κ3) is 2.52. The van der Waals surface area contributed by atoms with Gasteiger partial charge in [0.2, 0.25) is 5.91 Å². The number of hydrogen-bond acceptors (Lipinski definition) is 3. The van der Waals surface area contributed by atoms with Crippen molar-refractivity contribution in [3.8, 4) is 0 Å². The molecule has 0 aromatic carbocycles. The number of aromatic nitrogens is 4. The predicted octanol–water partition coefficient (Wildman–Crippen LogP) is 2.11. The molecule has 21 heavy (non-hydrogen) atoms. The highest BCUT2D eigenvalue weighted by molar-refractivity contribution is 6.16. The summed E-state index contributed by atoms with van der Waals surface area (Å²) in [4.78, 5) is 18.8. The van der Waals surface area contributed by atoms with E-state index >= 15 is 0 Å². The summed E-state index contributed by atoms with van der Waals surface area (Å²) in [7, 11) is 3.67. The highest BCUT2D eigenvalue weighted by Gasteiger charge is 2.26. The second-order valence-corrected chi connectivity index (χ2v) is 5.42. The Balaban J connectivity index is 2.61. The standard InChI is InChI=1S/C14H22ClN5O/c1-6-10-12-13(19(5)17-10)20(11(8-15)16-12)9(3)14(21)18(4)7-2/h9H,6-8H2,1-5H3. The lowest BCUT2D eigenvalue weighted by atomic mass is 10.2. The molecule has 0 spiro atoms. The number of amides is 1. The Bertz CT molecular complexity index is 660. The molecule has 0 fully saturated rings. The monoisotopic (exact) mass is 311 g/mol. The molecule has 1 amide bonds. The number of imidazole rings is 1. The van der Waals surface area contributed by atoms with Crippen LogP contribution in [0.15, 0.2) is 0 Å². The second kappa shape index (κ2) is 6.05. The van der Waals surface area contributed by atoms with Crippen molar-refractivity contribution in [2.75, 3.05) is 13.6 Å². The van der Waals surface area contributed by atoms with Crippen molar-refractivity contribution in [1.82, 2.24) is 24.2 Å². The Kier molecular flexibility index (Phi) is 4.56. The first kappa shape index (κ1) is 15.8. The van der Waals surface area contributed by atoms with Gasteiger partial charge in [0, 0.05) is 20.6 Å². The van der Waals surface area contributed by atoms with Crippen molar-refractivity contribution >= 4 is 28.7 Å². The zero-order valence-corrected chi connectivity index (χ0v) is 14.0. The number of fused-ring (bicyclic) bond motifs is 1. The number of carbonyl (C=O) groups excluding carboxylic acids is 1. The van der Waals surface area contributed by atoms with Crippen molar-refractivity contribution < 1.29 is 4.79 Å². The van der Waals surface area contributed by atoms with E-state index in [1.54, 1.807) is 16.6 Å². The Morgan fingerprint density at radius 2 is 2.10 bits per heavy atom. The number of carbonyl (C=O) groups is 1. The molecule has 0 saturated carbocycles. The Morgan fingerprint density at radius 1 is 1.43 bits per heavy atom. The van der Waals surface area contributed by atoms with Gasteiger partial charge in [0.1, 0.15) is 17.4 Å². The van der Waals surface area contributed by atoms with Gasteiger partial charge in [0.25, 0.3) is 0 Å². The van der Waals surface area contributed by atoms with Crippen molar-refractivity contribution in [2.24, 2.45) is 7.05 Å². The summed E-state index contributed by atoms with van der Waals surface area (Å²) in [6.45, 7) is 6.55. The third-order valence-electron chi connectivity index (χ3n) is 3.86. The maximum atomic E-state index is 12.5. The van der Waals surface area contributed by atoms with Crippen LogP contribution < -0.4 is 0 Å². The number of hydrogen-bond donors (Lipinski definition) is 0. The Morgan fingerprint density at radius 3 is 2.62 bits per heavy atom. The maximum Gasteiger partial charge on any atom is 0.245 e. The minimum Gasteiger partial charge on any atom is -0.344 e. The van der Waals surface area contributed by atoms with Crippen LogP contribution in [0.3, 0.4) is 0 Å². The van der Waals surface area contributed by atoms with E-state index in [0.29, 0.717) is 12.4 Å². The first-order valence-corrected chi connectivity index (χ1v) is 7.73. The molecule has 0 radical (unpaired) electrons. The van der Waals surface area contributed by atoms with E-state index < -0.39 is 0 Å². The quantitative estimate of drug-likeness (QED) is 0.795. The fourth-order valence-electron chi connectivity index (χ4n) is 2.57. The molecular formula is C14H22ClN5O. The lowest BCUT2D eigenvalue weighted by molar-refractivity contribution is -0.132. The van der Waals surface area contributed by atoms with Crippen molar-refractivity contribution in [3.63, 3.8) is 0 Å². The first-order chi connectivity index (χ1) is 9.96. The molecule has 2 heterocycles. The molecule has 2 aromatic heterocycles. The van der Waals surface area contributed by atoms with E-state index in [0.717, 1.165) is 23.3 Å². The first-order valence-electron chi connectivity index (χ1n) is 7.19. The van der Waals surface area contributed by atoms with Gasteiger partial charge in [-0.1, -0.05) is 6.92 Å². The number of halogens is 1. The summed E-state index contributed by atoms with van der Waals surface area (Å²) < 4.78 is 3.69. The van der Waals surface area contributed by atoms with Crippen LogP contribution >= 0.6 is 11.6 Å². The molecule has 0 bridgehead atoms. The molecule has 0 aliphatic rings. The van der Waals surface area contributed by atoms with Crippen LogP contribution in [0.5, 0.6) is 0 Å². The predicted molar refractivity (Wildman–Crippen MR) is 83.5 cm³/mol. The lowest BCUT2D eigenvalue weighted by Gasteiger charge is -2.22. The average Bonchev–Trinajstić information content (AvgIpc) is 3.02. The number of aryl methyl sites for hydroxylation is 2. The van der Waals surface area contributed by atoms with Crippen LogP contribution in [-0.2, 0) is 24.1 Å². The summed E-state index contributed by atoms with van der Waals surface area (Å²) in [6, 6.07) is -0.353. The normalized spacial score (nSPS) is 12.9. The molecule has 1 unspecified atom stereocenters. The highest BCUT2D eigenvalue weighted by atomic mass is 35.5. The summed E-state index contributed by atoms with van der Waals surface area (Å²) in [5.74, 6) is 1.02. The molecule has 6 nitrogen and oxygen atoms in total. The van der Waals surface area contributed by atoms with Crippen LogP contribution in [0.1, 0.15) is 38.3 Å². The molecule has 2 aromatic rings. The van der Waals surface area contributed by atoms with E-state index in [4.69, 9.17) is 11.6 Å². The van der Waals surface area contributed by atoms with Crippen molar-refractivity contribution in [2.45, 2.75) is 39.1 Å². The minimum atomic E-state index is -0.353. The number of alkyl halides is 1. The molecule has 7 heteroatoms. The summed E-state index contributed by atoms with van der Waals surface area (Å²) in [5, 5.41) is 4.48. The smallest absolute Gasteiger partial charge is 0.245 e. The van der Waals surface area contributed by atoms with Gasteiger partial charge in [-0.15, -0.1) is 11.6 Å². The molecule has 0 saturated heterocycles. The van der Waals surface area contributed by atoms with Crippen molar-refractivity contribution in [1.29, 1.82) is 0 Å². The van der Waals surface area contributed by atoms with Crippen LogP contribution in [0, 0.1) is 0 Å². The highest BCUT2D eigenvalue weighted by Crippen LogP contribution is 2.25. The van der Waals surface area contributed by atoms with Crippen LogP contribution in [-0.4, -0.2) is 43.7 Å². The van der Waals surface area contributed by atoms with E-state index in [2.05, 4.69) is 10.1 Å². The van der Waals surface area contributed by atoms with E-state index in [9.17, 15) is 4.79 Å². The number of rotatable bonds is 5. The number of nitrogens with zero attached hydrogens (tertiary/aromatic N) is 5. The molecular weight excluding hydrogens is 290 g/mol. The maximum absolute atomic E-state index is 12.5. The van der Waals surface area contributed by atoms with Gasteiger partial charge in [-0.25, -0.2) is 4.98 Å². The van der Waals surface area contributed by atoms with Gasteiger partial charge in [-0.3, -0.25) is 14.0 Å². The summed E-state index contributed by atoms with van der Waals surface area (Å²) in [6.07, 6.45) is 0.799. The van der Waals surface area contributed by atoms with Gasteiger partial charge in [0.15, 0.2) is 5.65 Å². The Hall–Kier alpha value is -1.56. The molecule has 116 valence electrons. The summed E-state index contributed by atoms with van der Waals surface area (Å²) >= 11 is 6.03.